The highest BCUT2D eigenvalue weighted by Crippen LogP contribution is 2.18. The summed E-state index contributed by atoms with van der Waals surface area (Å²) in [5.74, 6) is 0.704. The number of hydrogen-bond acceptors (Lipinski definition) is 0. The molecule has 1 unspecified atom stereocenters. The van der Waals surface area contributed by atoms with Crippen LogP contribution in [0.3, 0.4) is 0 Å². The Balaban J connectivity index is 0.000000383. The third kappa shape index (κ3) is 12.1. The average Bonchev–Trinajstić information content (AvgIpc) is 2.77. The van der Waals surface area contributed by atoms with Gasteiger partial charge in [0, 0.05) is 0 Å². The highest BCUT2D eigenvalue weighted by molar-refractivity contribution is 5.23. The molecule has 0 heteroatoms. The molecular formula is C28H40. The van der Waals surface area contributed by atoms with Crippen molar-refractivity contribution in [3.05, 3.63) is 107 Å². The lowest BCUT2D eigenvalue weighted by atomic mass is 9.98. The van der Waals surface area contributed by atoms with Crippen LogP contribution in [0.5, 0.6) is 0 Å². The van der Waals surface area contributed by atoms with Crippen molar-refractivity contribution in [3.63, 3.8) is 0 Å². The first-order chi connectivity index (χ1) is 13.6. The highest BCUT2D eigenvalue weighted by Gasteiger charge is 2.00. The van der Waals surface area contributed by atoms with Crippen LogP contribution >= 0.6 is 0 Å². The second-order valence-electron chi connectivity index (χ2n) is 6.71. The molecule has 0 aliphatic rings. The van der Waals surface area contributed by atoms with Gasteiger partial charge in [-0.15, -0.1) is 0 Å². The van der Waals surface area contributed by atoms with Crippen molar-refractivity contribution in [3.8, 4) is 0 Å². The summed E-state index contributed by atoms with van der Waals surface area (Å²) in [5.41, 5.74) is 5.53. The fraction of sp³-hybridized carbons (Fsp3) is 0.357. The number of hydrogen-bond donors (Lipinski definition) is 0. The quantitative estimate of drug-likeness (QED) is 0.428. The van der Waals surface area contributed by atoms with Crippen molar-refractivity contribution < 1.29 is 0 Å². The zero-order valence-corrected chi connectivity index (χ0v) is 19.1. The van der Waals surface area contributed by atoms with Gasteiger partial charge < -0.3 is 0 Å². The number of aryl methyl sites for hydroxylation is 3. The number of benzene rings is 3. The van der Waals surface area contributed by atoms with Crippen LogP contribution in [-0.2, 0) is 6.42 Å². The van der Waals surface area contributed by atoms with Gasteiger partial charge in [0.1, 0.15) is 0 Å². The summed E-state index contributed by atoms with van der Waals surface area (Å²) in [4.78, 5) is 0. The van der Waals surface area contributed by atoms with Gasteiger partial charge in [0.2, 0.25) is 0 Å². The average molecular weight is 377 g/mol. The zero-order chi connectivity index (χ0) is 21.2. The molecular weight excluding hydrogens is 336 g/mol. The lowest BCUT2D eigenvalue weighted by Gasteiger charge is -2.07. The van der Waals surface area contributed by atoms with Gasteiger partial charge in [0.25, 0.3) is 0 Å². The van der Waals surface area contributed by atoms with Crippen molar-refractivity contribution >= 4 is 0 Å². The Hall–Kier alpha value is -2.34. The van der Waals surface area contributed by atoms with Crippen molar-refractivity contribution in [1.29, 1.82) is 0 Å². The molecule has 0 saturated heterocycles. The Labute approximate surface area is 174 Å². The minimum absolute atomic E-state index is 0.704. The van der Waals surface area contributed by atoms with Crippen LogP contribution in [0.15, 0.2) is 84.9 Å². The van der Waals surface area contributed by atoms with E-state index < -0.39 is 0 Å². The van der Waals surface area contributed by atoms with Crippen LogP contribution in [0.25, 0.3) is 0 Å². The molecule has 0 nitrogen and oxygen atoms in total. The smallest absolute Gasteiger partial charge is 0.0193 e. The van der Waals surface area contributed by atoms with E-state index in [1.807, 2.05) is 38.1 Å². The molecule has 0 fully saturated rings. The minimum atomic E-state index is 0.704. The van der Waals surface area contributed by atoms with Gasteiger partial charge in [0.15, 0.2) is 0 Å². The molecule has 0 aliphatic heterocycles. The third-order valence-corrected chi connectivity index (χ3v) is 4.45. The Morgan fingerprint density at radius 3 is 1.36 bits per heavy atom. The van der Waals surface area contributed by atoms with Crippen LogP contribution in [-0.4, -0.2) is 0 Å². The van der Waals surface area contributed by atoms with Gasteiger partial charge in [-0.25, -0.2) is 0 Å². The van der Waals surface area contributed by atoms with Gasteiger partial charge >= 0.3 is 0 Å². The molecule has 0 saturated carbocycles. The molecule has 0 radical (unpaired) electrons. The first-order valence-corrected chi connectivity index (χ1v) is 10.7. The predicted molar refractivity (Wildman–Crippen MR) is 128 cm³/mol. The zero-order valence-electron chi connectivity index (χ0n) is 19.1. The first-order valence-electron chi connectivity index (χ1n) is 10.7. The van der Waals surface area contributed by atoms with Crippen LogP contribution in [0.1, 0.15) is 69.2 Å². The van der Waals surface area contributed by atoms with Crippen LogP contribution in [0, 0.1) is 13.8 Å². The summed E-state index contributed by atoms with van der Waals surface area (Å²) < 4.78 is 0. The monoisotopic (exact) mass is 376 g/mol. The second kappa shape index (κ2) is 16.8. The maximum Gasteiger partial charge on any atom is -0.0193 e. The van der Waals surface area contributed by atoms with E-state index in [1.165, 1.54) is 28.7 Å². The summed E-state index contributed by atoms with van der Waals surface area (Å²) >= 11 is 0. The first kappa shape index (κ1) is 25.7. The molecule has 0 spiro atoms. The Kier molecular flexibility index (Phi) is 15.4. The van der Waals surface area contributed by atoms with E-state index in [0.29, 0.717) is 5.92 Å². The molecule has 0 bridgehead atoms. The van der Waals surface area contributed by atoms with Crippen LogP contribution in [0.2, 0.25) is 0 Å². The summed E-state index contributed by atoms with van der Waals surface area (Å²) in [5, 5.41) is 0. The molecule has 3 aromatic carbocycles. The summed E-state index contributed by atoms with van der Waals surface area (Å²) in [6, 6.07) is 29.5. The second-order valence-corrected chi connectivity index (χ2v) is 6.71. The lowest BCUT2D eigenvalue weighted by Crippen LogP contribution is -1.89. The summed E-state index contributed by atoms with van der Waals surface area (Å²) in [6.07, 6.45) is 2.36. The van der Waals surface area contributed by atoms with Crippen LogP contribution in [0.4, 0.5) is 0 Å². The standard InChI is InChI=1S/C11H16.C8H10.C7H8.C2H6/c1-4-10(3)11-7-5-9(2)6-8-11;1-2-8-6-4-3-5-7-8;1-7-5-3-2-4-6-7;1-2/h5-8,10H,4H2,1-3H3;3-7H,2H2,1H3;2-6H,1H3;1-2H3. The van der Waals surface area contributed by atoms with E-state index in [9.17, 15) is 0 Å². The largest absolute Gasteiger partial charge is 0.0683 e. The normalized spacial score (nSPS) is 10.1. The molecule has 0 amide bonds. The van der Waals surface area contributed by atoms with E-state index in [4.69, 9.17) is 0 Å². The molecule has 3 rings (SSSR count). The Bertz CT molecular complexity index is 681. The van der Waals surface area contributed by atoms with E-state index >= 15 is 0 Å². The molecule has 0 aliphatic carbocycles. The van der Waals surface area contributed by atoms with Crippen LogP contribution < -0.4 is 0 Å². The van der Waals surface area contributed by atoms with E-state index in [0.717, 1.165) is 6.42 Å². The van der Waals surface area contributed by atoms with Crippen molar-refractivity contribution in [2.75, 3.05) is 0 Å². The SMILES string of the molecule is CC.CCC(C)c1ccc(C)cc1.CCc1ccccc1.Cc1ccccc1. The molecule has 1 atom stereocenters. The van der Waals surface area contributed by atoms with Gasteiger partial charge in [-0.1, -0.05) is 131 Å². The highest BCUT2D eigenvalue weighted by atomic mass is 14.1. The Morgan fingerprint density at radius 2 is 1.04 bits per heavy atom. The fourth-order valence-electron chi connectivity index (χ4n) is 2.38. The Morgan fingerprint density at radius 1 is 0.607 bits per heavy atom. The van der Waals surface area contributed by atoms with Gasteiger partial charge in [-0.3, -0.25) is 0 Å². The van der Waals surface area contributed by atoms with E-state index in [-0.39, 0.29) is 0 Å². The topological polar surface area (TPSA) is 0 Å². The molecule has 0 heterocycles. The molecule has 3 aromatic rings. The van der Waals surface area contributed by atoms with E-state index in [1.54, 1.807) is 0 Å². The van der Waals surface area contributed by atoms with Gasteiger partial charge in [-0.2, -0.15) is 0 Å². The molecule has 28 heavy (non-hydrogen) atoms. The van der Waals surface area contributed by atoms with E-state index in [2.05, 4.69) is 95.3 Å². The summed E-state index contributed by atoms with van der Waals surface area (Å²) in [7, 11) is 0. The molecule has 0 N–H and O–H groups in total. The van der Waals surface area contributed by atoms with Crippen molar-refractivity contribution in [1.82, 2.24) is 0 Å². The van der Waals surface area contributed by atoms with Gasteiger partial charge in [-0.05, 0) is 43.7 Å². The predicted octanol–water partition coefficient (Wildman–Crippen LogP) is 8.78. The van der Waals surface area contributed by atoms with Gasteiger partial charge in [0.05, 0.1) is 0 Å². The third-order valence-electron chi connectivity index (χ3n) is 4.45. The maximum atomic E-state index is 2.27. The minimum Gasteiger partial charge on any atom is -0.0683 e. The maximum absolute atomic E-state index is 2.27. The number of rotatable bonds is 3. The molecule has 152 valence electrons. The van der Waals surface area contributed by atoms with Crippen molar-refractivity contribution in [2.45, 2.75) is 67.2 Å². The van der Waals surface area contributed by atoms with Crippen molar-refractivity contribution in [2.24, 2.45) is 0 Å². The lowest BCUT2D eigenvalue weighted by molar-refractivity contribution is 0.733. The fourth-order valence-corrected chi connectivity index (χ4v) is 2.38. The summed E-state index contributed by atoms with van der Waals surface area (Å²) in [6.45, 7) is 14.9. The molecule has 0 aromatic heterocycles.